The van der Waals surface area contributed by atoms with Crippen LogP contribution in [-0.2, 0) is 0 Å². The second-order valence-electron chi connectivity index (χ2n) is 4.01. The number of hydrogen-bond acceptors (Lipinski definition) is 5. The van der Waals surface area contributed by atoms with E-state index in [0.717, 1.165) is 9.88 Å². The van der Waals surface area contributed by atoms with Crippen LogP contribution >= 0.6 is 22.7 Å². The van der Waals surface area contributed by atoms with Crippen molar-refractivity contribution < 1.29 is 9.90 Å². The van der Waals surface area contributed by atoms with Crippen LogP contribution in [0.4, 0.5) is 0 Å². The van der Waals surface area contributed by atoms with Gasteiger partial charge >= 0.3 is 0 Å². The molecule has 0 aliphatic heterocycles. The van der Waals surface area contributed by atoms with Crippen molar-refractivity contribution >= 4 is 28.6 Å². The number of aliphatic hydroxyl groups excluding tert-OH is 1. The number of rotatable bonds is 5. The molecule has 2 aromatic heterocycles. The van der Waals surface area contributed by atoms with Crippen LogP contribution in [0.5, 0.6) is 0 Å². The van der Waals surface area contributed by atoms with Crippen LogP contribution in [0, 0.1) is 5.92 Å². The number of carbonyl (C=O) groups is 1. The van der Waals surface area contributed by atoms with Crippen LogP contribution in [0.1, 0.15) is 17.4 Å². The standard InChI is InChI=1S/C12H14N2O2S2/c1-8(6-15)5-13-11(16)9-7-18-12(14-9)10-3-2-4-17-10/h2-4,7-8,15H,5-6H2,1H3,(H,13,16). The second-order valence-corrected chi connectivity index (χ2v) is 5.82. The fourth-order valence-electron chi connectivity index (χ4n) is 1.31. The molecule has 0 aromatic carbocycles. The Morgan fingerprint density at radius 2 is 2.39 bits per heavy atom. The SMILES string of the molecule is CC(CO)CNC(=O)c1csc(-c2cccs2)n1. The molecule has 1 amide bonds. The molecular weight excluding hydrogens is 268 g/mol. The molecule has 0 saturated carbocycles. The van der Waals surface area contributed by atoms with E-state index >= 15 is 0 Å². The van der Waals surface area contributed by atoms with E-state index in [1.54, 1.807) is 16.7 Å². The van der Waals surface area contributed by atoms with Gasteiger partial charge in [0.05, 0.1) is 4.88 Å². The van der Waals surface area contributed by atoms with Gasteiger partial charge in [-0.3, -0.25) is 4.79 Å². The van der Waals surface area contributed by atoms with E-state index in [1.807, 2.05) is 24.4 Å². The van der Waals surface area contributed by atoms with E-state index in [4.69, 9.17) is 5.11 Å². The molecule has 1 unspecified atom stereocenters. The molecule has 2 rings (SSSR count). The highest BCUT2D eigenvalue weighted by molar-refractivity contribution is 7.20. The summed E-state index contributed by atoms with van der Waals surface area (Å²) in [4.78, 5) is 17.2. The fraction of sp³-hybridized carbons (Fsp3) is 0.333. The number of hydrogen-bond donors (Lipinski definition) is 2. The summed E-state index contributed by atoms with van der Waals surface area (Å²) < 4.78 is 0. The Hall–Kier alpha value is -1.24. The van der Waals surface area contributed by atoms with Crippen molar-refractivity contribution in [3.8, 4) is 9.88 Å². The van der Waals surface area contributed by atoms with Gasteiger partial charge in [0.25, 0.3) is 5.91 Å². The molecule has 6 heteroatoms. The van der Waals surface area contributed by atoms with Crippen molar-refractivity contribution in [2.75, 3.05) is 13.2 Å². The van der Waals surface area contributed by atoms with Gasteiger partial charge in [0.15, 0.2) is 0 Å². The van der Waals surface area contributed by atoms with Gasteiger partial charge in [0, 0.05) is 18.5 Å². The smallest absolute Gasteiger partial charge is 0.270 e. The van der Waals surface area contributed by atoms with Crippen LogP contribution < -0.4 is 5.32 Å². The molecule has 0 saturated heterocycles. The molecule has 1 atom stereocenters. The molecule has 0 radical (unpaired) electrons. The first kappa shape index (κ1) is 13.2. The van der Waals surface area contributed by atoms with Crippen LogP contribution in [0.2, 0.25) is 0 Å². The van der Waals surface area contributed by atoms with Crippen LogP contribution in [0.15, 0.2) is 22.9 Å². The number of nitrogens with one attached hydrogen (secondary N) is 1. The van der Waals surface area contributed by atoms with Crippen molar-refractivity contribution in [2.45, 2.75) is 6.92 Å². The van der Waals surface area contributed by atoms with Crippen molar-refractivity contribution in [3.05, 3.63) is 28.6 Å². The maximum absolute atomic E-state index is 11.8. The lowest BCUT2D eigenvalue weighted by atomic mass is 10.2. The Morgan fingerprint density at radius 3 is 3.06 bits per heavy atom. The Morgan fingerprint density at radius 1 is 1.56 bits per heavy atom. The van der Waals surface area contributed by atoms with Gasteiger partial charge in [-0.2, -0.15) is 0 Å². The lowest BCUT2D eigenvalue weighted by molar-refractivity contribution is 0.0938. The lowest BCUT2D eigenvalue weighted by Gasteiger charge is -2.07. The molecule has 0 fully saturated rings. The molecule has 96 valence electrons. The molecule has 0 bridgehead atoms. The van der Waals surface area contributed by atoms with E-state index in [2.05, 4.69) is 10.3 Å². The van der Waals surface area contributed by atoms with E-state index in [9.17, 15) is 4.79 Å². The molecule has 2 heterocycles. The van der Waals surface area contributed by atoms with Gasteiger partial charge in [-0.05, 0) is 17.4 Å². The molecular formula is C12H14N2O2S2. The average molecular weight is 282 g/mol. The minimum absolute atomic E-state index is 0.0596. The van der Waals surface area contributed by atoms with Crippen LogP contribution in [-0.4, -0.2) is 29.1 Å². The zero-order valence-electron chi connectivity index (χ0n) is 9.92. The minimum atomic E-state index is -0.186. The summed E-state index contributed by atoms with van der Waals surface area (Å²) in [5.41, 5.74) is 0.438. The number of carbonyl (C=O) groups excluding carboxylic acids is 1. The zero-order chi connectivity index (χ0) is 13.0. The maximum atomic E-state index is 11.8. The maximum Gasteiger partial charge on any atom is 0.270 e. The van der Waals surface area contributed by atoms with E-state index in [-0.39, 0.29) is 18.4 Å². The predicted octanol–water partition coefficient (Wildman–Crippen LogP) is 2.23. The third-order valence-corrected chi connectivity index (χ3v) is 4.27. The first-order valence-electron chi connectivity index (χ1n) is 5.59. The number of thiophene rings is 1. The van der Waals surface area contributed by atoms with Gasteiger partial charge in [0.1, 0.15) is 10.7 Å². The van der Waals surface area contributed by atoms with Crippen molar-refractivity contribution in [1.82, 2.24) is 10.3 Å². The first-order valence-corrected chi connectivity index (χ1v) is 7.35. The molecule has 2 N–H and O–H groups in total. The largest absolute Gasteiger partial charge is 0.396 e. The summed E-state index contributed by atoms with van der Waals surface area (Å²) in [5, 5.41) is 16.3. The lowest BCUT2D eigenvalue weighted by Crippen LogP contribution is -2.29. The van der Waals surface area contributed by atoms with Gasteiger partial charge in [-0.15, -0.1) is 22.7 Å². The summed E-state index contributed by atoms with van der Waals surface area (Å²) in [5.74, 6) is -0.126. The van der Waals surface area contributed by atoms with Gasteiger partial charge in [-0.1, -0.05) is 13.0 Å². The summed E-state index contributed by atoms with van der Waals surface area (Å²) in [6, 6.07) is 3.95. The van der Waals surface area contributed by atoms with Crippen molar-refractivity contribution in [2.24, 2.45) is 5.92 Å². The van der Waals surface area contributed by atoms with E-state index in [0.29, 0.717) is 12.2 Å². The van der Waals surface area contributed by atoms with Crippen LogP contribution in [0.25, 0.3) is 9.88 Å². The summed E-state index contributed by atoms with van der Waals surface area (Å²) in [7, 11) is 0. The van der Waals surface area contributed by atoms with Gasteiger partial charge in [0.2, 0.25) is 0 Å². The Labute approximate surface area is 113 Å². The number of aromatic nitrogens is 1. The third-order valence-electron chi connectivity index (χ3n) is 2.39. The highest BCUT2D eigenvalue weighted by Gasteiger charge is 2.12. The summed E-state index contributed by atoms with van der Waals surface area (Å²) in [6.45, 7) is 2.40. The molecule has 0 spiro atoms. The zero-order valence-corrected chi connectivity index (χ0v) is 11.6. The Bertz CT molecular complexity index is 508. The minimum Gasteiger partial charge on any atom is -0.396 e. The van der Waals surface area contributed by atoms with Gasteiger partial charge in [-0.25, -0.2) is 4.98 Å². The van der Waals surface area contributed by atoms with E-state index in [1.165, 1.54) is 11.3 Å². The quantitative estimate of drug-likeness (QED) is 0.884. The van der Waals surface area contributed by atoms with Crippen molar-refractivity contribution in [3.63, 3.8) is 0 Å². The number of thiazole rings is 1. The third kappa shape index (κ3) is 3.16. The Balaban J connectivity index is 1.99. The summed E-state index contributed by atoms with van der Waals surface area (Å²) in [6.07, 6.45) is 0. The number of nitrogens with zero attached hydrogens (tertiary/aromatic N) is 1. The topological polar surface area (TPSA) is 62.2 Å². The molecule has 0 aliphatic rings. The number of amides is 1. The van der Waals surface area contributed by atoms with E-state index < -0.39 is 0 Å². The molecule has 4 nitrogen and oxygen atoms in total. The van der Waals surface area contributed by atoms with Crippen LogP contribution in [0.3, 0.4) is 0 Å². The highest BCUT2D eigenvalue weighted by Crippen LogP contribution is 2.27. The molecule has 0 aliphatic carbocycles. The van der Waals surface area contributed by atoms with Gasteiger partial charge < -0.3 is 10.4 Å². The monoisotopic (exact) mass is 282 g/mol. The predicted molar refractivity (Wildman–Crippen MR) is 74.0 cm³/mol. The summed E-state index contributed by atoms with van der Waals surface area (Å²) >= 11 is 3.07. The van der Waals surface area contributed by atoms with Crippen molar-refractivity contribution in [1.29, 1.82) is 0 Å². The average Bonchev–Trinajstić information content (AvgIpc) is 3.04. The molecule has 2 aromatic rings. The molecule has 18 heavy (non-hydrogen) atoms. The number of aliphatic hydroxyl groups is 1. The first-order chi connectivity index (χ1) is 8.70. The normalized spacial score (nSPS) is 12.3. The fourth-order valence-corrected chi connectivity index (χ4v) is 2.93. The second kappa shape index (κ2) is 6.08. The Kier molecular flexibility index (Phi) is 4.46. The highest BCUT2D eigenvalue weighted by atomic mass is 32.1.